The van der Waals surface area contributed by atoms with Crippen LogP contribution >= 0.6 is 0 Å². The quantitative estimate of drug-likeness (QED) is 0.216. The highest BCUT2D eigenvalue weighted by Gasteiger charge is 2.45. The summed E-state index contributed by atoms with van der Waals surface area (Å²) < 4.78 is 64.1. The second-order valence-corrected chi connectivity index (χ2v) is 6.87. The summed E-state index contributed by atoms with van der Waals surface area (Å²) in [4.78, 5) is 3.82. The number of hydrogen-bond acceptors (Lipinski definition) is 5. The van der Waals surface area contributed by atoms with Gasteiger partial charge in [0.15, 0.2) is 0 Å². The first kappa shape index (κ1) is 22.3. The number of aromatic nitrogens is 1. The lowest BCUT2D eigenvalue weighted by atomic mass is 9.89. The van der Waals surface area contributed by atoms with E-state index < -0.39 is 41.3 Å². The molecule has 1 aromatic heterocycles. The second kappa shape index (κ2) is 9.61. The number of nitrogens with zero attached hydrogens (tertiary/aromatic N) is 3. The van der Waals surface area contributed by atoms with Gasteiger partial charge in [0.2, 0.25) is 0 Å². The van der Waals surface area contributed by atoms with Crippen LogP contribution in [0.4, 0.5) is 17.6 Å². The van der Waals surface area contributed by atoms with Crippen molar-refractivity contribution in [1.29, 1.82) is 0 Å². The van der Waals surface area contributed by atoms with E-state index in [0.29, 0.717) is 11.8 Å². The molecule has 1 atom stereocenters. The number of hydrazone groups is 1. The number of allylic oxidation sites excluding steroid dienone is 3. The molecule has 0 saturated heterocycles. The molecule has 1 aromatic carbocycles. The normalized spacial score (nSPS) is 15.1. The maximum atomic E-state index is 15.4. The zero-order chi connectivity index (χ0) is 22.4. The summed E-state index contributed by atoms with van der Waals surface area (Å²) in [6.45, 7) is -0.562. The maximum Gasteiger partial charge on any atom is 0.298 e. The molecule has 10 heteroatoms. The molecule has 31 heavy (non-hydrogen) atoms. The van der Waals surface area contributed by atoms with Crippen LogP contribution in [0.3, 0.4) is 0 Å². The lowest BCUT2D eigenvalue weighted by Gasteiger charge is -2.29. The SMILES string of the molecule is N/N=C\N(N)CC(c1ccc(F)cc1F)C(F)(F)c1ccc(OC2=CCCC=C2)cn1. The Kier molecular flexibility index (Phi) is 6.91. The number of benzene rings is 1. The van der Waals surface area contributed by atoms with Gasteiger partial charge in [-0.25, -0.2) is 14.6 Å². The Morgan fingerprint density at radius 2 is 2.03 bits per heavy atom. The Hall–Kier alpha value is -3.40. The number of rotatable bonds is 8. The number of hydrogen-bond donors (Lipinski definition) is 2. The van der Waals surface area contributed by atoms with Crippen molar-refractivity contribution in [2.45, 2.75) is 24.7 Å². The zero-order valence-corrected chi connectivity index (χ0v) is 16.4. The zero-order valence-electron chi connectivity index (χ0n) is 16.4. The third-order valence-corrected chi connectivity index (χ3v) is 4.66. The fraction of sp³-hybridized carbons (Fsp3) is 0.238. The first-order valence-corrected chi connectivity index (χ1v) is 9.40. The Morgan fingerprint density at radius 1 is 1.23 bits per heavy atom. The summed E-state index contributed by atoms with van der Waals surface area (Å²) in [5.41, 5.74) is -1.05. The predicted octanol–water partition coefficient (Wildman–Crippen LogP) is 3.93. The van der Waals surface area contributed by atoms with Gasteiger partial charge >= 0.3 is 0 Å². The first-order chi connectivity index (χ1) is 14.8. The van der Waals surface area contributed by atoms with Crippen LogP contribution < -0.4 is 16.4 Å². The minimum absolute atomic E-state index is 0.276. The molecular formula is C21H21F4N5O. The Bertz CT molecular complexity index is 992. The van der Waals surface area contributed by atoms with Crippen molar-refractivity contribution in [3.05, 3.63) is 83.4 Å². The van der Waals surface area contributed by atoms with Crippen molar-refractivity contribution in [1.82, 2.24) is 9.99 Å². The molecule has 0 fully saturated rings. The van der Waals surface area contributed by atoms with Crippen LogP contribution in [0.2, 0.25) is 0 Å². The first-order valence-electron chi connectivity index (χ1n) is 9.40. The lowest BCUT2D eigenvalue weighted by molar-refractivity contribution is -0.0443. The average Bonchev–Trinajstić information content (AvgIpc) is 2.74. The van der Waals surface area contributed by atoms with Crippen molar-refractivity contribution in [2.75, 3.05) is 6.54 Å². The van der Waals surface area contributed by atoms with Crippen LogP contribution in [0.1, 0.15) is 30.0 Å². The van der Waals surface area contributed by atoms with Gasteiger partial charge in [-0.15, -0.1) is 0 Å². The van der Waals surface area contributed by atoms with Gasteiger partial charge in [-0.2, -0.15) is 13.9 Å². The highest BCUT2D eigenvalue weighted by atomic mass is 19.3. The number of ether oxygens (including phenoxy) is 1. The van der Waals surface area contributed by atoms with Gasteiger partial charge in [0, 0.05) is 12.6 Å². The summed E-state index contributed by atoms with van der Waals surface area (Å²) in [6.07, 6.45) is 9.41. The summed E-state index contributed by atoms with van der Waals surface area (Å²) in [7, 11) is 0. The molecule has 1 heterocycles. The van der Waals surface area contributed by atoms with Gasteiger partial charge < -0.3 is 10.6 Å². The van der Waals surface area contributed by atoms with E-state index in [9.17, 15) is 8.78 Å². The molecule has 0 amide bonds. The molecular weight excluding hydrogens is 414 g/mol. The summed E-state index contributed by atoms with van der Waals surface area (Å²) in [5, 5.41) is 3.97. The Balaban J connectivity index is 1.91. The smallest absolute Gasteiger partial charge is 0.298 e. The third kappa shape index (κ3) is 5.40. The molecule has 2 aromatic rings. The van der Waals surface area contributed by atoms with E-state index in [1.807, 2.05) is 12.2 Å². The number of alkyl halides is 2. The standard InChI is InChI=1S/C21H21F4N5O/c22-14-6-8-17(19(23)10-14)18(12-30(27)13-29-26)21(24,25)20-9-7-16(11-28-20)31-15-4-2-1-3-5-15/h2,4-11,13,18H,1,3,12,26-27H2/b29-13-. The fourth-order valence-corrected chi connectivity index (χ4v) is 3.15. The van der Waals surface area contributed by atoms with Crippen LogP contribution in [0.15, 0.2) is 65.6 Å². The van der Waals surface area contributed by atoms with Gasteiger partial charge in [-0.1, -0.05) is 12.1 Å². The molecule has 1 unspecified atom stereocenters. The van der Waals surface area contributed by atoms with Crippen molar-refractivity contribution in [2.24, 2.45) is 16.8 Å². The van der Waals surface area contributed by atoms with E-state index in [0.717, 1.165) is 48.6 Å². The molecule has 0 spiro atoms. The molecule has 6 nitrogen and oxygen atoms in total. The summed E-state index contributed by atoms with van der Waals surface area (Å²) in [6, 6.07) is 4.82. The highest BCUT2D eigenvalue weighted by Crippen LogP contribution is 2.42. The van der Waals surface area contributed by atoms with Gasteiger partial charge in [0.25, 0.3) is 5.92 Å². The van der Waals surface area contributed by atoms with Crippen molar-refractivity contribution >= 4 is 6.34 Å². The van der Waals surface area contributed by atoms with Crippen molar-refractivity contribution < 1.29 is 22.3 Å². The molecule has 4 N–H and O–H groups in total. The molecule has 0 aliphatic heterocycles. The topological polar surface area (TPSA) is 89.8 Å². The molecule has 0 bridgehead atoms. The second-order valence-electron chi connectivity index (χ2n) is 6.87. The highest BCUT2D eigenvalue weighted by molar-refractivity contribution is 5.53. The van der Waals surface area contributed by atoms with E-state index in [4.69, 9.17) is 16.4 Å². The number of nitrogens with two attached hydrogens (primary N) is 2. The minimum Gasteiger partial charge on any atom is -0.456 e. The monoisotopic (exact) mass is 435 g/mol. The van der Waals surface area contributed by atoms with Crippen molar-refractivity contribution in [3.8, 4) is 5.75 Å². The molecule has 3 rings (SSSR count). The van der Waals surface area contributed by atoms with Gasteiger partial charge in [-0.05, 0) is 48.8 Å². The van der Waals surface area contributed by atoms with Gasteiger partial charge in [0.1, 0.15) is 35.2 Å². The van der Waals surface area contributed by atoms with Crippen LogP contribution in [-0.2, 0) is 5.92 Å². The van der Waals surface area contributed by atoms with E-state index >= 15 is 8.78 Å². The maximum absolute atomic E-state index is 15.4. The molecule has 1 aliphatic carbocycles. The fourth-order valence-electron chi connectivity index (χ4n) is 3.15. The molecule has 164 valence electrons. The van der Waals surface area contributed by atoms with E-state index in [1.54, 1.807) is 6.08 Å². The largest absolute Gasteiger partial charge is 0.456 e. The molecule has 0 radical (unpaired) electrons. The summed E-state index contributed by atoms with van der Waals surface area (Å²) in [5.74, 6) is 4.02. The Labute approximate surface area is 176 Å². The van der Waals surface area contributed by atoms with Crippen molar-refractivity contribution in [3.63, 3.8) is 0 Å². The third-order valence-electron chi connectivity index (χ3n) is 4.66. The van der Waals surface area contributed by atoms with Crippen LogP contribution in [0.25, 0.3) is 0 Å². The lowest BCUT2D eigenvalue weighted by Crippen LogP contribution is -2.40. The average molecular weight is 435 g/mol. The predicted molar refractivity (Wildman–Crippen MR) is 108 cm³/mol. The summed E-state index contributed by atoms with van der Waals surface area (Å²) >= 11 is 0. The molecule has 1 aliphatic rings. The molecule has 0 saturated carbocycles. The van der Waals surface area contributed by atoms with Crippen LogP contribution in [-0.4, -0.2) is 22.9 Å². The number of hydrazine groups is 1. The Morgan fingerprint density at radius 3 is 2.65 bits per heavy atom. The van der Waals surface area contributed by atoms with Gasteiger partial charge in [-0.3, -0.25) is 9.99 Å². The number of halogens is 4. The van der Waals surface area contributed by atoms with E-state index in [2.05, 4.69) is 10.1 Å². The van der Waals surface area contributed by atoms with E-state index in [1.165, 1.54) is 6.07 Å². The van der Waals surface area contributed by atoms with Crippen LogP contribution in [0.5, 0.6) is 5.75 Å². The van der Waals surface area contributed by atoms with E-state index in [-0.39, 0.29) is 5.75 Å². The minimum atomic E-state index is -3.67. The van der Waals surface area contributed by atoms with Gasteiger partial charge in [0.05, 0.1) is 12.1 Å². The number of pyridine rings is 1. The van der Waals surface area contributed by atoms with Crippen LogP contribution in [0, 0.1) is 11.6 Å².